The van der Waals surface area contributed by atoms with Crippen molar-refractivity contribution in [1.29, 1.82) is 0 Å². The number of halogens is 7. The summed E-state index contributed by atoms with van der Waals surface area (Å²) in [6.07, 6.45) is -4.07. The minimum Gasteiger partial charge on any atom is -0.460 e. The molecule has 2 atom stereocenters. The van der Waals surface area contributed by atoms with E-state index in [4.69, 9.17) is 21.1 Å². The zero-order valence-corrected chi connectivity index (χ0v) is 17.4. The highest BCUT2D eigenvalue weighted by molar-refractivity contribution is 6.30. The maximum atomic E-state index is 14.7. The number of ether oxygens (including phenoxy) is 2. The molecule has 0 bridgehead atoms. The third-order valence-corrected chi connectivity index (χ3v) is 5.52. The van der Waals surface area contributed by atoms with Gasteiger partial charge in [-0.1, -0.05) is 49.7 Å². The van der Waals surface area contributed by atoms with Crippen LogP contribution in [-0.2, 0) is 16.1 Å². The first-order valence-electron chi connectivity index (χ1n) is 9.21. The third kappa shape index (κ3) is 4.85. The zero-order valence-electron chi connectivity index (χ0n) is 16.6. The van der Waals surface area contributed by atoms with E-state index in [9.17, 15) is 31.1 Å². The van der Waals surface area contributed by atoms with Crippen LogP contribution in [0.2, 0.25) is 0 Å². The van der Waals surface area contributed by atoms with Crippen molar-refractivity contribution in [3.8, 4) is 11.6 Å². The number of hydrogen-bond donors (Lipinski definition) is 0. The molecule has 1 fully saturated rings. The fraction of sp³-hybridized carbons (Fsp3) is 0.333. The zero-order chi connectivity index (χ0) is 23.8. The van der Waals surface area contributed by atoms with E-state index in [0.717, 1.165) is 0 Å². The molecule has 1 aromatic carbocycles. The average molecular weight is 480 g/mol. The van der Waals surface area contributed by atoms with Gasteiger partial charge in [0.05, 0.1) is 11.5 Å². The second-order valence-corrected chi connectivity index (χ2v) is 8.08. The summed E-state index contributed by atoms with van der Waals surface area (Å²) in [5.74, 6) is -8.44. The van der Waals surface area contributed by atoms with Gasteiger partial charge in [0.2, 0.25) is 0 Å². The van der Waals surface area contributed by atoms with Crippen molar-refractivity contribution in [2.45, 2.75) is 26.6 Å². The lowest BCUT2D eigenvalue weighted by atomic mass is 10.1. The molecule has 0 N–H and O–H groups in total. The summed E-state index contributed by atoms with van der Waals surface area (Å²) in [4.78, 5) is 15.4. The first kappa shape index (κ1) is 23.9. The Hall–Kier alpha value is -2.75. The fourth-order valence-corrected chi connectivity index (χ4v) is 3.39. The molecule has 172 valence electrons. The molecule has 0 aliphatic heterocycles. The van der Waals surface area contributed by atoms with Crippen LogP contribution in [0.15, 0.2) is 41.4 Å². The van der Waals surface area contributed by atoms with Crippen molar-refractivity contribution in [2.24, 2.45) is 17.3 Å². The molecule has 0 saturated heterocycles. The standard InChI is InChI=1S/C21H16ClF6NO3/c1-20(2)12(8-13(22)21(26,27)28)14(20)19(30)31-9-11-15(23)17(25)29-18(16(11)24)32-10-6-4-3-5-7-10/h3-8,12,14H,9H2,1-2H3/t12-,14-/m1/s1. The predicted octanol–water partition coefficient (Wildman–Crippen LogP) is 6.29. The number of para-hydroxylation sites is 1. The smallest absolute Gasteiger partial charge is 0.426 e. The maximum Gasteiger partial charge on any atom is 0.426 e. The van der Waals surface area contributed by atoms with Crippen molar-refractivity contribution in [3.05, 3.63) is 64.6 Å². The number of aromatic nitrogens is 1. The Morgan fingerprint density at radius 3 is 2.38 bits per heavy atom. The maximum absolute atomic E-state index is 14.7. The van der Waals surface area contributed by atoms with Crippen LogP contribution >= 0.6 is 11.6 Å². The van der Waals surface area contributed by atoms with E-state index in [1.54, 1.807) is 18.2 Å². The van der Waals surface area contributed by atoms with E-state index in [2.05, 4.69) is 4.98 Å². The Morgan fingerprint density at radius 1 is 1.16 bits per heavy atom. The summed E-state index contributed by atoms with van der Waals surface area (Å²) in [6.45, 7) is 2.01. The van der Waals surface area contributed by atoms with E-state index >= 15 is 0 Å². The van der Waals surface area contributed by atoms with Gasteiger partial charge in [-0.15, -0.1) is 0 Å². The summed E-state index contributed by atoms with van der Waals surface area (Å²) in [6, 6.07) is 7.62. The van der Waals surface area contributed by atoms with Crippen LogP contribution in [0.5, 0.6) is 11.6 Å². The van der Waals surface area contributed by atoms with Gasteiger partial charge in [0.1, 0.15) is 17.4 Å². The van der Waals surface area contributed by atoms with Gasteiger partial charge in [-0.2, -0.15) is 22.5 Å². The van der Waals surface area contributed by atoms with Crippen LogP contribution in [0.25, 0.3) is 0 Å². The molecule has 4 nitrogen and oxygen atoms in total. The van der Waals surface area contributed by atoms with Crippen LogP contribution < -0.4 is 4.74 Å². The first-order valence-corrected chi connectivity index (χ1v) is 9.59. The van der Waals surface area contributed by atoms with Gasteiger partial charge in [-0.25, -0.2) is 8.78 Å². The Labute approximate surface area is 183 Å². The number of nitrogens with zero attached hydrogens (tertiary/aromatic N) is 1. The van der Waals surface area contributed by atoms with Gasteiger partial charge in [-0.05, 0) is 23.5 Å². The number of esters is 1. The van der Waals surface area contributed by atoms with Crippen molar-refractivity contribution >= 4 is 17.6 Å². The molecule has 0 unspecified atom stereocenters. The molecule has 3 rings (SSSR count). The number of carbonyl (C=O) groups is 1. The highest BCUT2D eigenvalue weighted by atomic mass is 35.5. The molecule has 0 amide bonds. The van der Waals surface area contributed by atoms with Crippen molar-refractivity contribution in [2.75, 3.05) is 0 Å². The lowest BCUT2D eigenvalue weighted by Gasteiger charge is -2.11. The lowest BCUT2D eigenvalue weighted by molar-refractivity contribution is -0.147. The fourth-order valence-electron chi connectivity index (χ4n) is 3.26. The van der Waals surface area contributed by atoms with Gasteiger partial charge in [0.25, 0.3) is 11.8 Å². The number of pyridine rings is 1. The van der Waals surface area contributed by atoms with E-state index in [0.29, 0.717) is 6.08 Å². The molecule has 2 aromatic rings. The van der Waals surface area contributed by atoms with E-state index < -0.39 is 70.1 Å². The number of carbonyl (C=O) groups excluding carboxylic acids is 1. The Bertz CT molecular complexity index is 1060. The number of benzene rings is 1. The van der Waals surface area contributed by atoms with Gasteiger partial charge in [0.15, 0.2) is 11.6 Å². The summed E-state index contributed by atoms with van der Waals surface area (Å²) >= 11 is 5.23. The quantitative estimate of drug-likeness (QED) is 0.277. The molecule has 32 heavy (non-hydrogen) atoms. The van der Waals surface area contributed by atoms with Crippen LogP contribution in [0.4, 0.5) is 26.3 Å². The molecular weight excluding hydrogens is 464 g/mol. The number of hydrogen-bond acceptors (Lipinski definition) is 4. The van der Waals surface area contributed by atoms with E-state index in [-0.39, 0.29) is 5.75 Å². The summed E-state index contributed by atoms with van der Waals surface area (Å²) in [7, 11) is 0. The molecular formula is C21H16ClF6NO3. The molecule has 1 aliphatic carbocycles. The number of allylic oxidation sites excluding steroid dienone is 2. The minimum atomic E-state index is -4.77. The number of alkyl halides is 3. The molecule has 11 heteroatoms. The molecule has 1 aromatic heterocycles. The minimum absolute atomic E-state index is 0.101. The van der Waals surface area contributed by atoms with Gasteiger partial charge < -0.3 is 9.47 Å². The summed E-state index contributed by atoms with van der Waals surface area (Å²) < 4.78 is 90.6. The Kier molecular flexibility index (Phi) is 6.46. The topological polar surface area (TPSA) is 48.4 Å². The molecule has 0 spiro atoms. The second kappa shape index (κ2) is 8.65. The van der Waals surface area contributed by atoms with Crippen LogP contribution in [0.1, 0.15) is 19.4 Å². The average Bonchev–Trinajstić information content (AvgIpc) is 3.25. The predicted molar refractivity (Wildman–Crippen MR) is 101 cm³/mol. The summed E-state index contributed by atoms with van der Waals surface area (Å²) in [5.41, 5.74) is -1.87. The lowest BCUT2D eigenvalue weighted by Crippen LogP contribution is -2.14. The second-order valence-electron chi connectivity index (χ2n) is 7.67. The SMILES string of the molecule is CC1(C)[C@H](C=C(Cl)C(F)(F)F)[C@@H]1C(=O)OCc1c(F)c(F)nc(Oc2ccccc2)c1F. The molecule has 1 heterocycles. The van der Waals surface area contributed by atoms with E-state index in [1.165, 1.54) is 26.0 Å². The van der Waals surface area contributed by atoms with Crippen LogP contribution in [0.3, 0.4) is 0 Å². The highest BCUT2D eigenvalue weighted by Gasteiger charge is 2.62. The highest BCUT2D eigenvalue weighted by Crippen LogP contribution is 2.60. The van der Waals surface area contributed by atoms with Crippen LogP contribution in [0, 0.1) is 34.8 Å². The Morgan fingerprint density at radius 2 is 1.78 bits per heavy atom. The van der Waals surface area contributed by atoms with Crippen molar-refractivity contribution in [1.82, 2.24) is 4.98 Å². The Balaban J connectivity index is 1.76. The van der Waals surface area contributed by atoms with Crippen LogP contribution in [-0.4, -0.2) is 17.1 Å². The summed E-state index contributed by atoms with van der Waals surface area (Å²) in [5, 5.41) is -1.39. The van der Waals surface area contributed by atoms with Crippen molar-refractivity contribution < 1.29 is 40.6 Å². The molecule has 1 saturated carbocycles. The normalized spacial score (nSPS) is 20.1. The van der Waals surface area contributed by atoms with Gasteiger partial charge in [0, 0.05) is 0 Å². The largest absolute Gasteiger partial charge is 0.460 e. The first-order chi connectivity index (χ1) is 14.8. The third-order valence-electron chi connectivity index (χ3n) is 5.18. The number of rotatable bonds is 6. The monoisotopic (exact) mass is 479 g/mol. The molecule has 1 aliphatic rings. The van der Waals surface area contributed by atoms with Gasteiger partial charge >= 0.3 is 12.1 Å². The van der Waals surface area contributed by atoms with E-state index in [1.807, 2.05) is 0 Å². The molecule has 0 radical (unpaired) electrons. The van der Waals surface area contributed by atoms with Crippen molar-refractivity contribution in [3.63, 3.8) is 0 Å². The van der Waals surface area contributed by atoms with Gasteiger partial charge in [-0.3, -0.25) is 4.79 Å².